The second kappa shape index (κ2) is 13.3. The number of hydrogen-bond donors (Lipinski definition) is 1. The molecular formula is C36H30F7NO4. The van der Waals surface area contributed by atoms with Crippen molar-refractivity contribution in [3.8, 4) is 28.0 Å². The summed E-state index contributed by atoms with van der Waals surface area (Å²) in [4.78, 5) is 24.7. The second-order valence-electron chi connectivity index (χ2n) is 11.7. The van der Waals surface area contributed by atoms with Gasteiger partial charge in [0.05, 0.1) is 23.8 Å². The van der Waals surface area contributed by atoms with Crippen molar-refractivity contribution in [2.24, 2.45) is 0 Å². The number of carbonyl (C=O) groups excluding carboxylic acids is 1. The van der Waals surface area contributed by atoms with Gasteiger partial charge in [0.15, 0.2) is 0 Å². The lowest BCUT2D eigenvalue weighted by atomic mass is 9.89. The molecule has 0 aromatic heterocycles. The fourth-order valence-electron chi connectivity index (χ4n) is 6.35. The summed E-state index contributed by atoms with van der Waals surface area (Å²) < 4.78 is 95.5. The number of halogens is 7. The molecule has 4 aromatic carbocycles. The van der Waals surface area contributed by atoms with Crippen molar-refractivity contribution in [3.05, 3.63) is 112 Å². The first-order valence-electron chi connectivity index (χ1n) is 14.9. The lowest BCUT2D eigenvalue weighted by Crippen LogP contribution is -2.28. The molecular weight excluding hydrogens is 643 g/mol. The highest BCUT2D eigenvalue weighted by atomic mass is 19.4. The van der Waals surface area contributed by atoms with Gasteiger partial charge in [-0.1, -0.05) is 24.3 Å². The molecule has 2 unspecified atom stereocenters. The number of carboxylic acids is 1. The Hall–Kier alpha value is -4.87. The molecule has 2 atom stereocenters. The van der Waals surface area contributed by atoms with Crippen LogP contribution in [-0.2, 0) is 17.1 Å². The number of methoxy groups -OCH3 is 1. The van der Waals surface area contributed by atoms with Crippen LogP contribution in [0.15, 0.2) is 78.9 Å². The molecule has 1 amide bonds. The summed E-state index contributed by atoms with van der Waals surface area (Å²) in [6.45, 7) is 2.46. The van der Waals surface area contributed by atoms with Crippen molar-refractivity contribution >= 4 is 11.9 Å². The van der Waals surface area contributed by atoms with Gasteiger partial charge in [0.25, 0.3) is 0 Å². The molecule has 0 spiro atoms. The van der Waals surface area contributed by atoms with Crippen LogP contribution in [0, 0.1) is 12.7 Å². The van der Waals surface area contributed by atoms with Crippen LogP contribution in [0.2, 0.25) is 0 Å². The fourth-order valence-corrected chi connectivity index (χ4v) is 6.35. The van der Waals surface area contributed by atoms with Crippen molar-refractivity contribution in [1.29, 1.82) is 0 Å². The molecule has 0 aliphatic carbocycles. The molecule has 0 radical (unpaired) electrons. The summed E-state index contributed by atoms with van der Waals surface area (Å²) in [7, 11) is 1.50. The standard InChI is InChI=1S/C22H17F3O3.C14H13F4NO/c1-13-11-16(21(26)27)5-9-18(13)15-6-10-20(28-2)19(12-15)14-3-7-17(8-4-14)22(23,24)25;15-10-5-8(4-9(6-10)14(16,17)18)11-7-13(20)19-3-1-2-12(11)19/h3-12H,1-2H3,(H,26,27);4-6,11-12H,1-3,7H2. The van der Waals surface area contributed by atoms with Crippen LogP contribution >= 0.6 is 0 Å². The van der Waals surface area contributed by atoms with Gasteiger partial charge in [-0.3, -0.25) is 4.79 Å². The molecule has 2 aliphatic heterocycles. The zero-order valence-electron chi connectivity index (χ0n) is 25.8. The monoisotopic (exact) mass is 673 g/mol. The van der Waals surface area contributed by atoms with E-state index in [0.717, 1.165) is 53.8 Å². The highest BCUT2D eigenvalue weighted by Crippen LogP contribution is 2.42. The number of ether oxygens (including phenoxy) is 1. The molecule has 2 fully saturated rings. The van der Waals surface area contributed by atoms with Crippen molar-refractivity contribution in [1.82, 2.24) is 4.90 Å². The van der Waals surface area contributed by atoms with Crippen LogP contribution in [-0.4, -0.2) is 41.6 Å². The van der Waals surface area contributed by atoms with Gasteiger partial charge >= 0.3 is 18.3 Å². The molecule has 1 N–H and O–H groups in total. The summed E-state index contributed by atoms with van der Waals surface area (Å²) in [5, 5.41) is 9.11. The molecule has 2 heterocycles. The average Bonchev–Trinajstić information content (AvgIpc) is 3.64. The Morgan fingerprint density at radius 1 is 0.833 bits per heavy atom. The normalized spacial score (nSPS) is 17.5. The number of amides is 1. The molecule has 48 heavy (non-hydrogen) atoms. The van der Waals surface area contributed by atoms with Crippen molar-refractivity contribution in [2.75, 3.05) is 13.7 Å². The first-order valence-corrected chi connectivity index (χ1v) is 14.9. The minimum atomic E-state index is -4.57. The van der Waals surface area contributed by atoms with Crippen LogP contribution < -0.4 is 4.74 Å². The van der Waals surface area contributed by atoms with E-state index in [1.165, 1.54) is 25.3 Å². The molecule has 0 saturated carbocycles. The Balaban J connectivity index is 0.000000198. The highest BCUT2D eigenvalue weighted by Gasteiger charge is 2.44. The van der Waals surface area contributed by atoms with E-state index in [2.05, 4.69) is 0 Å². The summed E-state index contributed by atoms with van der Waals surface area (Å²) in [6, 6.07) is 17.6. The van der Waals surface area contributed by atoms with Gasteiger partial charge in [0, 0.05) is 30.5 Å². The Bertz CT molecular complexity index is 1830. The van der Waals surface area contributed by atoms with E-state index in [9.17, 15) is 40.3 Å². The smallest absolute Gasteiger partial charge is 0.416 e. The first-order chi connectivity index (χ1) is 22.6. The van der Waals surface area contributed by atoms with Gasteiger partial charge in [-0.15, -0.1) is 0 Å². The number of carboxylic acid groups (broad SMARTS) is 1. The van der Waals surface area contributed by atoms with E-state index in [0.29, 0.717) is 29.5 Å². The third kappa shape index (κ3) is 7.32. The average molecular weight is 674 g/mol. The van der Waals surface area contributed by atoms with E-state index in [4.69, 9.17) is 9.84 Å². The predicted octanol–water partition coefficient (Wildman–Crippen LogP) is 9.38. The second-order valence-corrected chi connectivity index (χ2v) is 11.7. The van der Waals surface area contributed by atoms with Crippen molar-refractivity contribution in [2.45, 2.75) is 50.5 Å². The van der Waals surface area contributed by atoms with Crippen LogP contribution in [0.5, 0.6) is 5.75 Å². The van der Waals surface area contributed by atoms with Gasteiger partial charge in [-0.2, -0.15) is 26.3 Å². The number of aromatic carboxylic acids is 1. The SMILES string of the molecule is COc1ccc(-c2ccc(C(=O)O)cc2C)cc1-c1ccc(C(F)(F)F)cc1.O=C1CC(c2cc(F)cc(C(F)(F)F)c2)C2CCCN12. The lowest BCUT2D eigenvalue weighted by Gasteiger charge is -2.21. The van der Waals surface area contributed by atoms with Gasteiger partial charge < -0.3 is 14.7 Å². The lowest BCUT2D eigenvalue weighted by molar-refractivity contribution is -0.138. The number of aryl methyl sites for hydroxylation is 1. The number of carbonyl (C=O) groups is 2. The zero-order chi connectivity index (χ0) is 35.0. The number of rotatable bonds is 5. The molecule has 2 aliphatic rings. The maximum Gasteiger partial charge on any atom is 0.416 e. The quantitative estimate of drug-likeness (QED) is 0.215. The maximum absolute atomic E-state index is 13.5. The highest BCUT2D eigenvalue weighted by molar-refractivity contribution is 5.89. The number of fused-ring (bicyclic) bond motifs is 1. The molecule has 4 aromatic rings. The van der Waals surface area contributed by atoms with Gasteiger partial charge in [-0.25, -0.2) is 9.18 Å². The Kier molecular flexibility index (Phi) is 9.57. The predicted molar refractivity (Wildman–Crippen MR) is 164 cm³/mol. The van der Waals surface area contributed by atoms with Crippen LogP contribution in [0.4, 0.5) is 30.7 Å². The third-order valence-electron chi connectivity index (χ3n) is 8.66. The van der Waals surface area contributed by atoms with Gasteiger partial charge in [0.1, 0.15) is 11.6 Å². The molecule has 6 rings (SSSR count). The van der Waals surface area contributed by atoms with Crippen LogP contribution in [0.25, 0.3) is 22.3 Å². The minimum Gasteiger partial charge on any atom is -0.496 e. The van der Waals surface area contributed by atoms with E-state index < -0.39 is 35.3 Å². The van der Waals surface area contributed by atoms with Crippen molar-refractivity contribution < 1.29 is 50.2 Å². The van der Waals surface area contributed by atoms with Crippen molar-refractivity contribution in [3.63, 3.8) is 0 Å². The molecule has 0 bridgehead atoms. The Labute approximate surface area is 271 Å². The molecule has 12 heteroatoms. The largest absolute Gasteiger partial charge is 0.496 e. The maximum atomic E-state index is 13.5. The minimum absolute atomic E-state index is 0.0460. The van der Waals surface area contributed by atoms with E-state index >= 15 is 0 Å². The first kappa shape index (κ1) is 34.5. The van der Waals surface area contributed by atoms with Crippen LogP contribution in [0.1, 0.15) is 57.8 Å². The number of benzene rings is 4. The van der Waals surface area contributed by atoms with Crippen LogP contribution in [0.3, 0.4) is 0 Å². The number of alkyl halides is 6. The number of hydrogen-bond acceptors (Lipinski definition) is 3. The molecule has 2 saturated heterocycles. The molecule has 252 valence electrons. The zero-order valence-corrected chi connectivity index (χ0v) is 25.8. The summed E-state index contributed by atoms with van der Waals surface area (Å²) in [5.74, 6) is -1.76. The molecule has 5 nitrogen and oxygen atoms in total. The fraction of sp³-hybridized carbons (Fsp3) is 0.278. The summed E-state index contributed by atoms with van der Waals surface area (Å²) in [5.41, 5.74) is 2.43. The van der Waals surface area contributed by atoms with E-state index in [1.807, 2.05) is 19.1 Å². The topological polar surface area (TPSA) is 66.8 Å². The van der Waals surface area contributed by atoms with E-state index in [-0.39, 0.29) is 35.4 Å². The third-order valence-corrected chi connectivity index (χ3v) is 8.66. The van der Waals surface area contributed by atoms with E-state index in [1.54, 1.807) is 23.1 Å². The number of nitrogens with zero attached hydrogens (tertiary/aromatic N) is 1. The Morgan fingerprint density at radius 2 is 1.50 bits per heavy atom. The summed E-state index contributed by atoms with van der Waals surface area (Å²) in [6.07, 6.45) is -7.17. The van der Waals surface area contributed by atoms with Gasteiger partial charge in [0.2, 0.25) is 5.91 Å². The summed E-state index contributed by atoms with van der Waals surface area (Å²) >= 11 is 0. The Morgan fingerprint density at radius 3 is 2.10 bits per heavy atom. The van der Waals surface area contributed by atoms with Gasteiger partial charge in [-0.05, 0) is 102 Å².